The first-order valence-electron chi connectivity index (χ1n) is 8.44. The van der Waals surface area contributed by atoms with Crippen LogP contribution in [0.1, 0.15) is 17.5 Å². The van der Waals surface area contributed by atoms with E-state index in [4.69, 9.17) is 11.6 Å². The third-order valence-corrected chi connectivity index (χ3v) is 5.46. The van der Waals surface area contributed by atoms with Gasteiger partial charge in [0.2, 0.25) is 0 Å². The Morgan fingerprint density at radius 3 is 2.13 bits per heavy atom. The van der Waals surface area contributed by atoms with Crippen molar-refractivity contribution >= 4 is 11.6 Å². The van der Waals surface area contributed by atoms with Gasteiger partial charge < -0.3 is 0 Å². The molecule has 0 amide bonds. The van der Waals surface area contributed by atoms with Gasteiger partial charge in [-0.05, 0) is 36.2 Å². The Bertz CT molecular complexity index is 647. The normalized spacial score (nSPS) is 20.7. The molecule has 0 aromatic heterocycles. The molecule has 0 aliphatic carbocycles. The predicted octanol–water partition coefficient (Wildman–Crippen LogP) is 4.05. The molecule has 120 valence electrons. The second-order valence-corrected chi connectivity index (χ2v) is 7.65. The summed E-state index contributed by atoms with van der Waals surface area (Å²) in [6.45, 7) is 7.11. The highest BCUT2D eigenvalue weighted by atomic mass is 35.5. The second kappa shape index (κ2) is 6.27. The summed E-state index contributed by atoms with van der Waals surface area (Å²) in [7, 11) is 0. The summed E-state index contributed by atoms with van der Waals surface area (Å²) in [5.74, 6) is 0. The SMILES string of the molecule is Clc1ccc(CN2CC3(CCN(Cc4ccccc4)C3)C2)cc1. The van der Waals surface area contributed by atoms with Crippen molar-refractivity contribution in [1.82, 2.24) is 9.80 Å². The molecule has 2 nitrogen and oxygen atoms in total. The Morgan fingerprint density at radius 2 is 1.39 bits per heavy atom. The smallest absolute Gasteiger partial charge is 0.0406 e. The van der Waals surface area contributed by atoms with Crippen LogP contribution in [0, 0.1) is 5.41 Å². The fourth-order valence-corrected chi connectivity index (χ4v) is 4.25. The van der Waals surface area contributed by atoms with Gasteiger partial charge in [0, 0.05) is 43.2 Å². The maximum absolute atomic E-state index is 5.96. The van der Waals surface area contributed by atoms with Gasteiger partial charge in [-0.25, -0.2) is 0 Å². The Labute approximate surface area is 143 Å². The molecule has 2 aromatic carbocycles. The highest BCUT2D eigenvalue weighted by Crippen LogP contribution is 2.40. The first-order valence-corrected chi connectivity index (χ1v) is 8.82. The Kier molecular flexibility index (Phi) is 4.14. The molecule has 2 aromatic rings. The quantitative estimate of drug-likeness (QED) is 0.836. The van der Waals surface area contributed by atoms with Crippen molar-refractivity contribution in [2.75, 3.05) is 26.2 Å². The molecule has 0 N–H and O–H groups in total. The summed E-state index contributed by atoms with van der Waals surface area (Å²) >= 11 is 5.96. The van der Waals surface area contributed by atoms with E-state index in [-0.39, 0.29) is 0 Å². The van der Waals surface area contributed by atoms with Crippen LogP contribution in [0.15, 0.2) is 54.6 Å². The van der Waals surface area contributed by atoms with E-state index in [1.807, 2.05) is 12.1 Å². The van der Waals surface area contributed by atoms with Gasteiger partial charge in [-0.1, -0.05) is 54.1 Å². The van der Waals surface area contributed by atoms with E-state index in [2.05, 4.69) is 52.3 Å². The molecule has 1 spiro atoms. The van der Waals surface area contributed by atoms with Crippen LogP contribution < -0.4 is 0 Å². The van der Waals surface area contributed by atoms with Gasteiger partial charge in [0.15, 0.2) is 0 Å². The van der Waals surface area contributed by atoms with Gasteiger partial charge in [0.05, 0.1) is 0 Å². The Balaban J connectivity index is 1.28. The lowest BCUT2D eigenvalue weighted by Crippen LogP contribution is -2.56. The third-order valence-electron chi connectivity index (χ3n) is 5.20. The summed E-state index contributed by atoms with van der Waals surface area (Å²) in [5, 5.41) is 0.821. The van der Waals surface area contributed by atoms with E-state index in [1.54, 1.807) is 0 Å². The number of halogens is 1. The molecule has 23 heavy (non-hydrogen) atoms. The summed E-state index contributed by atoms with van der Waals surface area (Å²) < 4.78 is 0. The largest absolute Gasteiger partial charge is 0.298 e. The lowest BCUT2D eigenvalue weighted by atomic mass is 9.79. The van der Waals surface area contributed by atoms with Crippen molar-refractivity contribution in [2.45, 2.75) is 19.5 Å². The summed E-state index contributed by atoms with van der Waals surface area (Å²) in [6.07, 6.45) is 1.34. The molecule has 0 atom stereocenters. The molecule has 2 heterocycles. The van der Waals surface area contributed by atoms with Crippen molar-refractivity contribution in [3.8, 4) is 0 Å². The van der Waals surface area contributed by atoms with Crippen LogP contribution in [0.2, 0.25) is 5.02 Å². The summed E-state index contributed by atoms with van der Waals surface area (Å²) in [4.78, 5) is 5.18. The minimum atomic E-state index is 0.543. The van der Waals surface area contributed by atoms with E-state index in [0.717, 1.165) is 18.1 Å². The molecule has 0 unspecified atom stereocenters. The number of rotatable bonds is 4. The van der Waals surface area contributed by atoms with Crippen LogP contribution in [-0.4, -0.2) is 36.0 Å². The first-order chi connectivity index (χ1) is 11.2. The van der Waals surface area contributed by atoms with Crippen molar-refractivity contribution in [2.24, 2.45) is 5.41 Å². The van der Waals surface area contributed by atoms with Crippen LogP contribution in [0.4, 0.5) is 0 Å². The topological polar surface area (TPSA) is 6.48 Å². The minimum absolute atomic E-state index is 0.543. The zero-order chi connectivity index (χ0) is 15.7. The van der Waals surface area contributed by atoms with Crippen molar-refractivity contribution in [1.29, 1.82) is 0 Å². The molecule has 2 aliphatic rings. The van der Waals surface area contributed by atoms with E-state index >= 15 is 0 Å². The molecule has 0 bridgehead atoms. The van der Waals surface area contributed by atoms with E-state index in [0.29, 0.717) is 5.41 Å². The van der Waals surface area contributed by atoms with E-state index in [1.165, 1.54) is 43.7 Å². The number of hydrogen-bond acceptors (Lipinski definition) is 2. The maximum atomic E-state index is 5.96. The molecular formula is C20H23ClN2. The van der Waals surface area contributed by atoms with Crippen LogP contribution in [0.5, 0.6) is 0 Å². The molecular weight excluding hydrogens is 304 g/mol. The number of likely N-dealkylation sites (tertiary alicyclic amines) is 2. The standard InChI is InChI=1S/C20H23ClN2/c21-19-8-6-18(7-9-19)13-23-15-20(16-23)10-11-22(14-20)12-17-4-2-1-3-5-17/h1-9H,10-16H2. The minimum Gasteiger partial charge on any atom is -0.298 e. The Hall–Kier alpha value is -1.35. The third kappa shape index (κ3) is 3.45. The predicted molar refractivity (Wildman–Crippen MR) is 95.5 cm³/mol. The highest BCUT2D eigenvalue weighted by molar-refractivity contribution is 6.30. The average Bonchev–Trinajstić information content (AvgIpc) is 2.94. The van der Waals surface area contributed by atoms with Crippen LogP contribution in [-0.2, 0) is 13.1 Å². The molecule has 3 heteroatoms. The molecule has 0 radical (unpaired) electrons. The number of nitrogens with zero attached hydrogens (tertiary/aromatic N) is 2. The summed E-state index contributed by atoms with van der Waals surface area (Å²) in [6, 6.07) is 19.1. The van der Waals surface area contributed by atoms with Gasteiger partial charge in [-0.15, -0.1) is 0 Å². The maximum Gasteiger partial charge on any atom is 0.0406 e. The molecule has 2 aliphatic heterocycles. The van der Waals surface area contributed by atoms with E-state index < -0.39 is 0 Å². The second-order valence-electron chi connectivity index (χ2n) is 7.22. The van der Waals surface area contributed by atoms with Crippen LogP contribution in [0.3, 0.4) is 0 Å². The van der Waals surface area contributed by atoms with Gasteiger partial charge in [-0.3, -0.25) is 9.80 Å². The number of benzene rings is 2. The monoisotopic (exact) mass is 326 g/mol. The molecule has 0 saturated carbocycles. The zero-order valence-corrected chi connectivity index (χ0v) is 14.2. The molecule has 2 fully saturated rings. The summed E-state index contributed by atoms with van der Waals surface area (Å²) in [5.41, 5.74) is 3.34. The fraction of sp³-hybridized carbons (Fsp3) is 0.400. The Morgan fingerprint density at radius 1 is 0.783 bits per heavy atom. The van der Waals surface area contributed by atoms with Crippen molar-refractivity contribution in [3.05, 3.63) is 70.7 Å². The highest BCUT2D eigenvalue weighted by Gasteiger charge is 2.47. The van der Waals surface area contributed by atoms with Crippen LogP contribution in [0.25, 0.3) is 0 Å². The molecule has 4 rings (SSSR count). The molecule has 2 saturated heterocycles. The average molecular weight is 327 g/mol. The van der Waals surface area contributed by atoms with Gasteiger partial charge in [0.25, 0.3) is 0 Å². The first kappa shape index (κ1) is 15.2. The van der Waals surface area contributed by atoms with Crippen molar-refractivity contribution < 1.29 is 0 Å². The fourth-order valence-electron chi connectivity index (χ4n) is 4.12. The van der Waals surface area contributed by atoms with Gasteiger partial charge in [-0.2, -0.15) is 0 Å². The van der Waals surface area contributed by atoms with E-state index in [9.17, 15) is 0 Å². The van der Waals surface area contributed by atoms with Gasteiger partial charge in [0.1, 0.15) is 0 Å². The van der Waals surface area contributed by atoms with Gasteiger partial charge >= 0.3 is 0 Å². The lowest BCUT2D eigenvalue weighted by Gasteiger charge is -2.48. The van der Waals surface area contributed by atoms with Crippen LogP contribution >= 0.6 is 11.6 Å². The lowest BCUT2D eigenvalue weighted by molar-refractivity contribution is 0.00161. The zero-order valence-electron chi connectivity index (χ0n) is 13.4. The van der Waals surface area contributed by atoms with Crippen molar-refractivity contribution in [3.63, 3.8) is 0 Å². The number of hydrogen-bond donors (Lipinski definition) is 0.